The van der Waals surface area contributed by atoms with Crippen LogP contribution in [0.1, 0.15) is 21.6 Å². The van der Waals surface area contributed by atoms with Gasteiger partial charge in [0.1, 0.15) is 11.6 Å². The first-order valence-electron chi connectivity index (χ1n) is 8.90. The summed E-state index contributed by atoms with van der Waals surface area (Å²) in [6.45, 7) is 0.0205. The van der Waals surface area contributed by atoms with E-state index in [1.807, 2.05) is 17.5 Å². The summed E-state index contributed by atoms with van der Waals surface area (Å²) >= 11 is 1.41. The number of aromatic nitrogens is 1. The first kappa shape index (κ1) is 21.8. The fourth-order valence-electron chi connectivity index (χ4n) is 2.82. The van der Waals surface area contributed by atoms with Gasteiger partial charge in [0.25, 0.3) is 0 Å². The first-order valence-corrected chi connectivity index (χ1v) is 11.8. The minimum Gasteiger partial charge on any atom is -0.493 e. The Morgan fingerprint density at radius 3 is 2.43 bits per heavy atom. The molecule has 0 amide bonds. The second-order valence-corrected chi connectivity index (χ2v) is 9.53. The summed E-state index contributed by atoms with van der Waals surface area (Å²) in [5, 5.41) is 2.54. The number of benzene rings is 2. The number of hydrogen-bond donors (Lipinski definition) is 0. The van der Waals surface area contributed by atoms with Crippen LogP contribution in [0.2, 0.25) is 0 Å². The highest BCUT2D eigenvalue weighted by Crippen LogP contribution is 2.39. The third kappa shape index (κ3) is 5.37. The molecule has 0 aliphatic rings. The van der Waals surface area contributed by atoms with Crippen molar-refractivity contribution >= 4 is 27.1 Å². The number of carbonyl (C=O) groups excluding carboxylic acids is 1. The third-order valence-electron chi connectivity index (χ3n) is 4.15. The van der Waals surface area contributed by atoms with E-state index in [4.69, 9.17) is 14.2 Å². The topological polar surface area (TPSA) is 91.8 Å². The summed E-state index contributed by atoms with van der Waals surface area (Å²) in [7, 11) is 0.0130. The van der Waals surface area contributed by atoms with E-state index in [-0.39, 0.29) is 12.4 Å². The molecule has 0 saturated heterocycles. The molecule has 0 radical (unpaired) electrons. The predicted octanol–water partition coefficient (Wildman–Crippen LogP) is 3.73. The zero-order chi connectivity index (χ0) is 21.7. The van der Waals surface area contributed by atoms with E-state index in [1.54, 1.807) is 44.6 Å². The summed E-state index contributed by atoms with van der Waals surface area (Å²) < 4.78 is 38.8. The Bertz CT molecular complexity index is 1140. The lowest BCUT2D eigenvalue weighted by Gasteiger charge is -2.10. The van der Waals surface area contributed by atoms with Crippen molar-refractivity contribution < 1.29 is 27.4 Å². The molecule has 0 spiro atoms. The highest BCUT2D eigenvalue weighted by Gasteiger charge is 2.16. The molecular formula is C21H21NO6S2. The zero-order valence-electron chi connectivity index (χ0n) is 16.7. The van der Waals surface area contributed by atoms with Crippen LogP contribution in [-0.4, -0.2) is 39.8 Å². The van der Waals surface area contributed by atoms with E-state index in [2.05, 4.69) is 4.98 Å². The van der Waals surface area contributed by atoms with Crippen LogP contribution >= 0.6 is 11.3 Å². The molecule has 0 unspecified atom stereocenters. The Labute approximate surface area is 179 Å². The minimum atomic E-state index is -3.13. The number of sulfone groups is 1. The molecule has 30 heavy (non-hydrogen) atoms. The van der Waals surface area contributed by atoms with E-state index in [0.717, 1.165) is 10.6 Å². The molecule has 1 aromatic heterocycles. The van der Waals surface area contributed by atoms with Gasteiger partial charge in [-0.1, -0.05) is 18.2 Å². The van der Waals surface area contributed by atoms with Gasteiger partial charge in [-0.3, -0.25) is 0 Å². The molecule has 3 aromatic rings. The lowest BCUT2D eigenvalue weighted by Crippen LogP contribution is -2.06. The molecule has 1 heterocycles. The van der Waals surface area contributed by atoms with Crippen molar-refractivity contribution in [3.8, 4) is 22.1 Å². The van der Waals surface area contributed by atoms with Crippen molar-refractivity contribution in [1.29, 1.82) is 0 Å². The molecule has 9 heteroatoms. The number of nitrogens with zero attached hydrogens (tertiary/aromatic N) is 1. The van der Waals surface area contributed by atoms with Gasteiger partial charge in [0.15, 0.2) is 21.3 Å². The Morgan fingerprint density at radius 2 is 1.80 bits per heavy atom. The Morgan fingerprint density at radius 1 is 1.07 bits per heavy atom. The molecule has 7 nitrogen and oxygen atoms in total. The van der Waals surface area contributed by atoms with Crippen LogP contribution in [0.4, 0.5) is 0 Å². The molecule has 0 fully saturated rings. The SMILES string of the molecule is COc1cccc(-c2nc(COC(=O)c3ccc(CS(C)(=O)=O)cc3)cs2)c1OC. The molecule has 0 aliphatic carbocycles. The number of para-hydroxylation sites is 1. The fourth-order valence-corrected chi connectivity index (χ4v) is 4.44. The highest BCUT2D eigenvalue weighted by molar-refractivity contribution is 7.89. The van der Waals surface area contributed by atoms with Gasteiger partial charge in [0.05, 0.1) is 36.8 Å². The average Bonchev–Trinajstić information content (AvgIpc) is 3.19. The summed E-state index contributed by atoms with van der Waals surface area (Å²) in [5.41, 5.74) is 2.37. The molecule has 0 N–H and O–H groups in total. The Kier molecular flexibility index (Phi) is 6.73. The molecule has 2 aromatic carbocycles. The Balaban J connectivity index is 1.67. The van der Waals surface area contributed by atoms with Gasteiger partial charge in [-0.05, 0) is 29.8 Å². The Hall–Kier alpha value is -2.91. The zero-order valence-corrected chi connectivity index (χ0v) is 18.4. The van der Waals surface area contributed by atoms with Gasteiger partial charge in [0, 0.05) is 11.6 Å². The van der Waals surface area contributed by atoms with Crippen molar-refractivity contribution in [3.05, 3.63) is 64.7 Å². The summed E-state index contributed by atoms with van der Waals surface area (Å²) in [6, 6.07) is 11.9. The van der Waals surface area contributed by atoms with E-state index >= 15 is 0 Å². The summed E-state index contributed by atoms with van der Waals surface area (Å²) in [6.07, 6.45) is 1.17. The van der Waals surface area contributed by atoms with Crippen LogP contribution in [0.5, 0.6) is 11.5 Å². The number of ether oxygens (including phenoxy) is 3. The fraction of sp³-hybridized carbons (Fsp3) is 0.238. The van der Waals surface area contributed by atoms with E-state index in [9.17, 15) is 13.2 Å². The molecule has 0 saturated carbocycles. The van der Waals surface area contributed by atoms with Crippen LogP contribution in [0.3, 0.4) is 0 Å². The molecular weight excluding hydrogens is 426 g/mol. The largest absolute Gasteiger partial charge is 0.493 e. The van der Waals surface area contributed by atoms with Gasteiger partial charge in [-0.2, -0.15) is 0 Å². The van der Waals surface area contributed by atoms with Gasteiger partial charge in [0.2, 0.25) is 0 Å². The maximum atomic E-state index is 12.3. The quantitative estimate of drug-likeness (QED) is 0.486. The van der Waals surface area contributed by atoms with Crippen molar-refractivity contribution in [2.75, 3.05) is 20.5 Å². The van der Waals surface area contributed by atoms with Gasteiger partial charge < -0.3 is 14.2 Å². The van der Waals surface area contributed by atoms with Crippen molar-refractivity contribution in [1.82, 2.24) is 4.98 Å². The van der Waals surface area contributed by atoms with E-state index in [0.29, 0.717) is 28.3 Å². The number of methoxy groups -OCH3 is 2. The van der Waals surface area contributed by atoms with Gasteiger partial charge in [-0.25, -0.2) is 18.2 Å². The van der Waals surface area contributed by atoms with E-state index in [1.165, 1.54) is 17.6 Å². The lowest BCUT2D eigenvalue weighted by molar-refractivity contribution is 0.0468. The number of rotatable bonds is 8. The number of esters is 1. The maximum absolute atomic E-state index is 12.3. The number of thiazole rings is 1. The van der Waals surface area contributed by atoms with Crippen molar-refractivity contribution in [2.24, 2.45) is 0 Å². The molecule has 158 valence electrons. The van der Waals surface area contributed by atoms with Crippen LogP contribution < -0.4 is 9.47 Å². The van der Waals surface area contributed by atoms with Crippen molar-refractivity contribution in [2.45, 2.75) is 12.4 Å². The highest BCUT2D eigenvalue weighted by atomic mass is 32.2. The standard InChI is InChI=1S/C21H21NO6S2/c1-26-18-6-4-5-17(19(18)27-2)20-22-16(12-29-20)11-28-21(23)15-9-7-14(8-10-15)13-30(3,24)25/h4-10,12H,11,13H2,1-3H3. The van der Waals surface area contributed by atoms with Crippen LogP contribution in [0.25, 0.3) is 10.6 Å². The molecule has 0 aliphatic heterocycles. The molecule has 3 rings (SSSR count). The van der Waals surface area contributed by atoms with Crippen molar-refractivity contribution in [3.63, 3.8) is 0 Å². The van der Waals surface area contributed by atoms with Crippen LogP contribution in [0, 0.1) is 0 Å². The minimum absolute atomic E-state index is 0.0205. The predicted molar refractivity (Wildman–Crippen MR) is 115 cm³/mol. The van der Waals surface area contributed by atoms with Gasteiger partial charge >= 0.3 is 5.97 Å². The maximum Gasteiger partial charge on any atom is 0.338 e. The monoisotopic (exact) mass is 447 g/mol. The molecule has 0 bridgehead atoms. The smallest absolute Gasteiger partial charge is 0.338 e. The van der Waals surface area contributed by atoms with Crippen LogP contribution in [-0.2, 0) is 26.9 Å². The second kappa shape index (κ2) is 9.27. The average molecular weight is 448 g/mol. The van der Waals surface area contributed by atoms with Gasteiger partial charge in [-0.15, -0.1) is 11.3 Å². The summed E-state index contributed by atoms with van der Waals surface area (Å²) in [4.78, 5) is 16.8. The third-order valence-corrected chi connectivity index (χ3v) is 5.94. The van der Waals surface area contributed by atoms with E-state index < -0.39 is 15.8 Å². The second-order valence-electron chi connectivity index (χ2n) is 6.53. The summed E-state index contributed by atoms with van der Waals surface area (Å²) in [5.74, 6) is 0.622. The first-order chi connectivity index (χ1) is 14.3. The number of carbonyl (C=O) groups is 1. The number of hydrogen-bond acceptors (Lipinski definition) is 8. The normalized spacial score (nSPS) is 11.2. The lowest BCUT2D eigenvalue weighted by atomic mass is 10.1. The van der Waals surface area contributed by atoms with Crippen LogP contribution in [0.15, 0.2) is 47.8 Å². The molecule has 0 atom stereocenters.